The first-order valence-corrected chi connectivity index (χ1v) is 11.7. The molecule has 0 bridgehead atoms. The average Bonchev–Trinajstić information content (AvgIpc) is 3.62. The van der Waals surface area contributed by atoms with E-state index in [0.717, 1.165) is 27.9 Å². The molecule has 1 aliphatic heterocycles. The number of carboxylic acid groups (broad SMARTS) is 1. The van der Waals surface area contributed by atoms with Crippen LogP contribution in [0.25, 0.3) is 22.3 Å². The molecule has 39 heavy (non-hydrogen) atoms. The number of nitrogens with one attached hydrogen (secondary N) is 1. The van der Waals surface area contributed by atoms with Gasteiger partial charge >= 0.3 is 12.1 Å². The first kappa shape index (κ1) is 27.3. The second-order valence-corrected chi connectivity index (χ2v) is 8.38. The van der Waals surface area contributed by atoms with Crippen LogP contribution < -0.4 is 0 Å². The van der Waals surface area contributed by atoms with E-state index < -0.39 is 12.1 Å². The number of amides is 1. The molecule has 5 rings (SSSR count). The second-order valence-electron chi connectivity index (χ2n) is 8.38. The molecule has 1 saturated heterocycles. The van der Waals surface area contributed by atoms with E-state index in [1.54, 1.807) is 15.8 Å². The lowest BCUT2D eigenvalue weighted by Gasteiger charge is -2.27. The Morgan fingerprint density at radius 2 is 1.95 bits per heavy atom. The van der Waals surface area contributed by atoms with Gasteiger partial charge in [-0.25, -0.2) is 14.8 Å². The first-order valence-electron chi connectivity index (χ1n) is 11.7. The number of ether oxygens (including phenoxy) is 1. The van der Waals surface area contributed by atoms with Crippen molar-refractivity contribution in [3.63, 3.8) is 0 Å². The predicted molar refractivity (Wildman–Crippen MR) is 130 cm³/mol. The summed E-state index contributed by atoms with van der Waals surface area (Å²) in [5.74, 6) is -2.78. The van der Waals surface area contributed by atoms with Crippen LogP contribution in [0.15, 0.2) is 55.2 Å². The lowest BCUT2D eigenvalue weighted by atomic mass is 10.0. The fourth-order valence-corrected chi connectivity index (χ4v) is 4.01. The summed E-state index contributed by atoms with van der Waals surface area (Å²) >= 11 is 0. The number of rotatable bonds is 5. The monoisotopic (exact) mass is 541 g/mol. The molecule has 4 heterocycles. The topological polar surface area (TPSA) is 150 Å². The molecule has 2 N–H and O–H groups in total. The molecule has 4 aromatic rings. The molecule has 0 radical (unpaired) electrons. The number of aliphatic carboxylic acids is 1. The highest BCUT2D eigenvalue weighted by Gasteiger charge is 2.38. The predicted octanol–water partition coefficient (Wildman–Crippen LogP) is 3.43. The normalized spacial score (nSPS) is 14.3. The van der Waals surface area contributed by atoms with E-state index in [2.05, 4.69) is 26.1 Å². The SMILES string of the molecule is N#CCC(c1cccc(C(=O)N2CCOCC2)c1)n1cc(-c2ncnc3[nH]ccc23)cn1.O=C(O)C(F)(F)F. The number of carboxylic acids is 1. The number of nitrogens with zero attached hydrogens (tertiary/aromatic N) is 6. The van der Waals surface area contributed by atoms with Crippen LogP contribution in [0, 0.1) is 11.3 Å². The van der Waals surface area contributed by atoms with E-state index in [1.807, 2.05) is 42.7 Å². The molecule has 0 saturated carbocycles. The number of nitriles is 1. The van der Waals surface area contributed by atoms with Gasteiger partial charge in [0.1, 0.15) is 12.0 Å². The summed E-state index contributed by atoms with van der Waals surface area (Å²) in [7, 11) is 0. The van der Waals surface area contributed by atoms with Crippen LogP contribution in [0.2, 0.25) is 0 Å². The number of aromatic nitrogens is 5. The van der Waals surface area contributed by atoms with Crippen LogP contribution in [-0.2, 0) is 9.53 Å². The number of fused-ring (bicyclic) bond motifs is 1. The summed E-state index contributed by atoms with van der Waals surface area (Å²) in [6.45, 7) is 2.27. The van der Waals surface area contributed by atoms with Crippen molar-refractivity contribution >= 4 is 22.9 Å². The van der Waals surface area contributed by atoms with Crippen LogP contribution in [0.1, 0.15) is 28.4 Å². The van der Waals surface area contributed by atoms with Crippen LogP contribution in [0.3, 0.4) is 0 Å². The minimum Gasteiger partial charge on any atom is -0.475 e. The van der Waals surface area contributed by atoms with Crippen molar-refractivity contribution in [1.82, 2.24) is 29.6 Å². The standard InChI is InChI=1S/C23H21N7O2.C2HF3O2/c24-6-4-20(16-2-1-3-17(12-16)23(31)29-8-10-32-11-9-29)30-14-18(13-28-30)21-19-5-7-25-22(19)27-15-26-21;3-2(4,5)1(6)7/h1-3,5,7,12-15,20H,4,8-11H2,(H,25,26,27);(H,6,7). The maximum atomic E-state index is 12.9. The minimum absolute atomic E-state index is 0.0251. The molecular formula is C25H22F3N7O4. The van der Waals surface area contributed by atoms with Gasteiger partial charge in [-0.05, 0) is 23.8 Å². The molecule has 3 aromatic heterocycles. The Labute approximate surface area is 219 Å². The lowest BCUT2D eigenvalue weighted by Crippen LogP contribution is -2.40. The van der Waals surface area contributed by atoms with Crippen molar-refractivity contribution in [3.05, 3.63) is 66.4 Å². The number of carbonyl (C=O) groups is 2. The fourth-order valence-electron chi connectivity index (χ4n) is 4.01. The van der Waals surface area contributed by atoms with Gasteiger partial charge in [0.15, 0.2) is 0 Å². The zero-order valence-electron chi connectivity index (χ0n) is 20.3. The number of hydrogen-bond donors (Lipinski definition) is 2. The van der Waals surface area contributed by atoms with Crippen molar-refractivity contribution in [2.24, 2.45) is 0 Å². The Morgan fingerprint density at radius 3 is 2.64 bits per heavy atom. The highest BCUT2D eigenvalue weighted by atomic mass is 19.4. The van der Waals surface area contributed by atoms with E-state index in [4.69, 9.17) is 14.6 Å². The molecule has 1 amide bonds. The summed E-state index contributed by atoms with van der Waals surface area (Å²) in [5, 5.41) is 22.0. The van der Waals surface area contributed by atoms with E-state index in [-0.39, 0.29) is 18.4 Å². The minimum atomic E-state index is -5.08. The highest BCUT2D eigenvalue weighted by Crippen LogP contribution is 2.28. The van der Waals surface area contributed by atoms with Gasteiger partial charge in [0.05, 0.1) is 43.6 Å². The smallest absolute Gasteiger partial charge is 0.475 e. The maximum absolute atomic E-state index is 12.9. The Bertz CT molecular complexity index is 1500. The molecule has 1 atom stereocenters. The Morgan fingerprint density at radius 1 is 1.21 bits per heavy atom. The first-order chi connectivity index (χ1) is 18.7. The Balaban J connectivity index is 0.000000448. The molecular weight excluding hydrogens is 519 g/mol. The highest BCUT2D eigenvalue weighted by molar-refractivity contribution is 5.94. The molecule has 0 aliphatic carbocycles. The van der Waals surface area contributed by atoms with Crippen LogP contribution in [0.5, 0.6) is 0 Å². The van der Waals surface area contributed by atoms with E-state index in [9.17, 15) is 23.2 Å². The second kappa shape index (κ2) is 11.7. The number of alkyl halides is 3. The quantitative estimate of drug-likeness (QED) is 0.390. The summed E-state index contributed by atoms with van der Waals surface area (Å²) in [4.78, 5) is 35.3. The van der Waals surface area contributed by atoms with Crippen molar-refractivity contribution in [2.45, 2.75) is 18.6 Å². The average molecular weight is 541 g/mol. The number of H-pyrrole nitrogens is 1. The van der Waals surface area contributed by atoms with Gasteiger partial charge in [-0.2, -0.15) is 23.5 Å². The van der Waals surface area contributed by atoms with Gasteiger partial charge in [-0.1, -0.05) is 12.1 Å². The number of hydrogen-bond acceptors (Lipinski definition) is 7. The van der Waals surface area contributed by atoms with E-state index in [0.29, 0.717) is 31.9 Å². The van der Waals surface area contributed by atoms with Gasteiger partial charge in [0.25, 0.3) is 5.91 Å². The van der Waals surface area contributed by atoms with Gasteiger partial charge < -0.3 is 19.7 Å². The summed E-state index contributed by atoms with van der Waals surface area (Å²) in [5.41, 5.74) is 3.82. The third-order valence-corrected chi connectivity index (χ3v) is 5.89. The third-order valence-electron chi connectivity index (χ3n) is 5.89. The third kappa shape index (κ3) is 6.39. The summed E-state index contributed by atoms with van der Waals surface area (Å²) in [6, 6.07) is 11.3. The molecule has 1 fully saturated rings. The van der Waals surface area contributed by atoms with Gasteiger partial charge in [-0.3, -0.25) is 9.48 Å². The van der Waals surface area contributed by atoms with Crippen molar-refractivity contribution in [2.75, 3.05) is 26.3 Å². The van der Waals surface area contributed by atoms with Crippen LogP contribution >= 0.6 is 0 Å². The maximum Gasteiger partial charge on any atom is 0.490 e. The largest absolute Gasteiger partial charge is 0.490 e. The molecule has 14 heteroatoms. The van der Waals surface area contributed by atoms with Gasteiger partial charge in [-0.15, -0.1) is 0 Å². The number of benzene rings is 1. The molecule has 11 nitrogen and oxygen atoms in total. The summed E-state index contributed by atoms with van der Waals surface area (Å²) in [6.07, 6.45) is 2.09. The molecule has 0 spiro atoms. The van der Waals surface area contributed by atoms with E-state index in [1.165, 1.54) is 6.33 Å². The van der Waals surface area contributed by atoms with Crippen LogP contribution in [-0.4, -0.2) is 79.1 Å². The van der Waals surface area contributed by atoms with Gasteiger partial charge in [0, 0.05) is 42.0 Å². The number of morpholine rings is 1. The van der Waals surface area contributed by atoms with Crippen molar-refractivity contribution < 1.29 is 32.6 Å². The molecule has 202 valence electrons. The molecule has 1 unspecified atom stereocenters. The zero-order chi connectivity index (χ0) is 28.0. The van der Waals surface area contributed by atoms with Crippen LogP contribution in [0.4, 0.5) is 13.2 Å². The lowest BCUT2D eigenvalue weighted by molar-refractivity contribution is -0.192. The Kier molecular flexibility index (Phi) is 8.21. The van der Waals surface area contributed by atoms with Gasteiger partial charge in [0.2, 0.25) is 0 Å². The molecule has 1 aliphatic rings. The van der Waals surface area contributed by atoms with E-state index >= 15 is 0 Å². The fraction of sp³-hybridized carbons (Fsp3) is 0.280. The zero-order valence-corrected chi connectivity index (χ0v) is 20.3. The van der Waals surface area contributed by atoms with Crippen molar-refractivity contribution in [1.29, 1.82) is 5.26 Å². The summed E-state index contributed by atoms with van der Waals surface area (Å²) < 4.78 is 38.8. The number of carbonyl (C=O) groups excluding carboxylic acids is 1. The van der Waals surface area contributed by atoms with Crippen molar-refractivity contribution in [3.8, 4) is 17.3 Å². The number of halogens is 3. The number of aromatic amines is 1. The Hall–Kier alpha value is -4.77. The molecule has 1 aromatic carbocycles.